The number of rotatable bonds is 11. The lowest BCUT2D eigenvalue weighted by Gasteiger charge is -2.15. The highest BCUT2D eigenvalue weighted by molar-refractivity contribution is 5.88. The molecule has 0 saturated carbocycles. The summed E-state index contributed by atoms with van der Waals surface area (Å²) in [5, 5.41) is 0. The number of carbonyl (C=O) groups is 1. The Morgan fingerprint density at radius 2 is 1.59 bits per heavy atom. The van der Waals surface area contributed by atoms with E-state index in [4.69, 9.17) is 18.9 Å². The molecule has 1 atom stereocenters. The second kappa shape index (κ2) is 12.3. The van der Waals surface area contributed by atoms with E-state index in [1.165, 1.54) is 5.56 Å². The van der Waals surface area contributed by atoms with E-state index >= 15 is 0 Å². The van der Waals surface area contributed by atoms with Crippen LogP contribution in [0.25, 0.3) is 6.08 Å². The molecular formula is C28H35NO5. The lowest BCUT2D eigenvalue weighted by atomic mass is 9.96. The highest BCUT2D eigenvalue weighted by atomic mass is 16.5. The Balaban J connectivity index is 1.51. The Morgan fingerprint density at radius 1 is 0.912 bits per heavy atom. The minimum absolute atomic E-state index is 0.127. The van der Waals surface area contributed by atoms with Crippen LogP contribution in [0, 0.1) is 5.92 Å². The summed E-state index contributed by atoms with van der Waals surface area (Å²) in [6, 6.07) is 9.87. The third-order valence-corrected chi connectivity index (χ3v) is 6.14. The second-order valence-electron chi connectivity index (χ2n) is 8.42. The van der Waals surface area contributed by atoms with Crippen LogP contribution in [-0.2, 0) is 17.6 Å². The Morgan fingerprint density at radius 3 is 2.29 bits per heavy atom. The summed E-state index contributed by atoms with van der Waals surface area (Å²) in [5.74, 6) is 2.91. The third kappa shape index (κ3) is 6.41. The minimum Gasteiger partial charge on any atom is -0.493 e. The van der Waals surface area contributed by atoms with Gasteiger partial charge in [-0.2, -0.15) is 0 Å². The number of fused-ring (bicyclic) bond motifs is 1. The van der Waals surface area contributed by atoms with Crippen LogP contribution < -0.4 is 18.9 Å². The molecule has 1 aliphatic rings. The van der Waals surface area contributed by atoms with Crippen molar-refractivity contribution in [1.29, 1.82) is 0 Å². The summed E-state index contributed by atoms with van der Waals surface area (Å²) in [6.07, 6.45) is 10.3. The molecule has 6 heteroatoms. The quantitative estimate of drug-likeness (QED) is 0.452. The zero-order chi connectivity index (χ0) is 24.5. The van der Waals surface area contributed by atoms with Crippen molar-refractivity contribution >= 4 is 11.9 Å². The van der Waals surface area contributed by atoms with Crippen LogP contribution >= 0.6 is 0 Å². The van der Waals surface area contributed by atoms with Crippen LogP contribution in [0.4, 0.5) is 0 Å². The van der Waals surface area contributed by atoms with E-state index in [1.54, 1.807) is 28.4 Å². The van der Waals surface area contributed by atoms with Crippen LogP contribution in [0.1, 0.15) is 23.1 Å². The van der Waals surface area contributed by atoms with Crippen molar-refractivity contribution < 1.29 is 23.7 Å². The van der Waals surface area contributed by atoms with Gasteiger partial charge in [0.25, 0.3) is 0 Å². The zero-order valence-electron chi connectivity index (χ0n) is 20.8. The minimum atomic E-state index is -0.127. The number of benzene rings is 2. The number of ketones is 1. The SMILES string of the molecule is COc1ccc(CCN(C)C/C=C/CC2C=Cc3cc(OC)c(OC)cc3CC2=O)cc1OC. The highest BCUT2D eigenvalue weighted by Gasteiger charge is 2.21. The first-order valence-electron chi connectivity index (χ1n) is 11.5. The second-order valence-corrected chi connectivity index (χ2v) is 8.42. The number of likely N-dealkylation sites (N-methyl/N-ethyl adjacent to an activating group) is 1. The van der Waals surface area contributed by atoms with Crippen molar-refractivity contribution in [3.63, 3.8) is 0 Å². The zero-order valence-corrected chi connectivity index (χ0v) is 20.8. The number of hydrogen-bond acceptors (Lipinski definition) is 6. The van der Waals surface area contributed by atoms with Gasteiger partial charge in [0.1, 0.15) is 5.78 Å². The number of ether oxygens (including phenoxy) is 4. The fourth-order valence-corrected chi connectivity index (χ4v) is 4.05. The molecule has 34 heavy (non-hydrogen) atoms. The summed E-state index contributed by atoms with van der Waals surface area (Å²) in [4.78, 5) is 15.1. The van der Waals surface area contributed by atoms with Crippen LogP contribution in [0.5, 0.6) is 23.0 Å². The summed E-state index contributed by atoms with van der Waals surface area (Å²) in [6.45, 7) is 1.74. The summed E-state index contributed by atoms with van der Waals surface area (Å²) >= 11 is 0. The monoisotopic (exact) mass is 465 g/mol. The first-order valence-corrected chi connectivity index (χ1v) is 11.5. The number of methoxy groups -OCH3 is 4. The van der Waals surface area contributed by atoms with E-state index in [1.807, 2.05) is 36.4 Å². The number of hydrogen-bond donors (Lipinski definition) is 0. The average Bonchev–Trinajstić information content (AvgIpc) is 3.01. The summed E-state index contributed by atoms with van der Waals surface area (Å²) < 4.78 is 21.5. The van der Waals surface area contributed by atoms with Gasteiger partial charge in [-0.1, -0.05) is 30.4 Å². The van der Waals surface area contributed by atoms with E-state index in [0.717, 1.165) is 42.1 Å². The lowest BCUT2D eigenvalue weighted by Crippen LogP contribution is -2.21. The van der Waals surface area contributed by atoms with Gasteiger partial charge >= 0.3 is 0 Å². The van der Waals surface area contributed by atoms with E-state index < -0.39 is 0 Å². The molecule has 0 spiro atoms. The number of carbonyl (C=O) groups excluding carboxylic acids is 1. The third-order valence-electron chi connectivity index (χ3n) is 6.14. The maximum Gasteiger partial charge on any atom is 0.161 e. The van der Waals surface area contributed by atoms with Gasteiger partial charge in [-0.15, -0.1) is 0 Å². The first kappa shape index (κ1) is 25.4. The fourth-order valence-electron chi connectivity index (χ4n) is 4.05. The largest absolute Gasteiger partial charge is 0.493 e. The molecule has 3 rings (SSSR count). The standard InChI is InChI=1S/C28H35NO5/c1-29(15-13-20-9-12-25(31-2)26(16-20)32-3)14-7-6-8-21-10-11-22-18-27(33-4)28(34-5)19-23(22)17-24(21)30/h6-7,9-12,16,18-19,21H,8,13-15,17H2,1-5H3/b7-6+. The molecule has 0 fully saturated rings. The van der Waals surface area contributed by atoms with Gasteiger partial charge in [-0.3, -0.25) is 4.79 Å². The van der Waals surface area contributed by atoms with Crippen LogP contribution in [0.15, 0.2) is 48.6 Å². The molecule has 0 N–H and O–H groups in total. The van der Waals surface area contributed by atoms with Gasteiger partial charge in [-0.05, 0) is 60.8 Å². The van der Waals surface area contributed by atoms with E-state index in [9.17, 15) is 4.79 Å². The number of nitrogens with zero attached hydrogens (tertiary/aromatic N) is 1. The van der Waals surface area contributed by atoms with Crippen LogP contribution in [0.3, 0.4) is 0 Å². The molecule has 0 saturated heterocycles. The molecule has 1 aliphatic carbocycles. The highest BCUT2D eigenvalue weighted by Crippen LogP contribution is 2.33. The molecule has 0 bridgehead atoms. The van der Waals surface area contributed by atoms with Crippen molar-refractivity contribution in [3.05, 3.63) is 65.3 Å². The average molecular weight is 466 g/mol. The molecule has 0 aliphatic heterocycles. The Hall–Kier alpha value is -3.25. The molecular weight excluding hydrogens is 430 g/mol. The van der Waals surface area contributed by atoms with Gasteiger partial charge in [0.2, 0.25) is 0 Å². The number of allylic oxidation sites excluding steroid dienone is 2. The van der Waals surface area contributed by atoms with Crippen molar-refractivity contribution in [2.24, 2.45) is 5.92 Å². The Kier molecular flexibility index (Phi) is 9.16. The molecule has 0 heterocycles. The lowest BCUT2D eigenvalue weighted by molar-refractivity contribution is -0.120. The maximum absolute atomic E-state index is 12.8. The van der Waals surface area contributed by atoms with Crippen LogP contribution in [-0.4, -0.2) is 59.3 Å². The van der Waals surface area contributed by atoms with Crippen molar-refractivity contribution in [2.75, 3.05) is 48.6 Å². The van der Waals surface area contributed by atoms with E-state index in [-0.39, 0.29) is 11.7 Å². The smallest absolute Gasteiger partial charge is 0.161 e. The van der Waals surface area contributed by atoms with Gasteiger partial charge < -0.3 is 23.8 Å². The van der Waals surface area contributed by atoms with E-state index in [0.29, 0.717) is 24.3 Å². The number of Topliss-reactive ketones (excluding diaryl/α,β-unsaturated/α-hetero) is 1. The fraction of sp³-hybridized carbons (Fsp3) is 0.393. The molecule has 182 valence electrons. The molecule has 0 aromatic heterocycles. The van der Waals surface area contributed by atoms with Gasteiger partial charge in [0, 0.05) is 25.4 Å². The maximum atomic E-state index is 12.8. The predicted octanol–water partition coefficient (Wildman–Crippen LogP) is 4.60. The predicted molar refractivity (Wildman–Crippen MR) is 135 cm³/mol. The topological polar surface area (TPSA) is 57.2 Å². The van der Waals surface area contributed by atoms with Crippen molar-refractivity contribution in [3.8, 4) is 23.0 Å². The molecule has 6 nitrogen and oxygen atoms in total. The van der Waals surface area contributed by atoms with E-state index in [2.05, 4.69) is 30.2 Å². The van der Waals surface area contributed by atoms with Crippen molar-refractivity contribution in [2.45, 2.75) is 19.3 Å². The van der Waals surface area contributed by atoms with Gasteiger partial charge in [0.15, 0.2) is 23.0 Å². The van der Waals surface area contributed by atoms with Crippen LogP contribution in [0.2, 0.25) is 0 Å². The molecule has 2 aromatic carbocycles. The Labute approximate surface area is 202 Å². The van der Waals surface area contributed by atoms with Crippen molar-refractivity contribution in [1.82, 2.24) is 4.90 Å². The summed E-state index contributed by atoms with van der Waals surface area (Å²) in [7, 11) is 8.62. The normalized spacial score (nSPS) is 15.4. The van der Waals surface area contributed by atoms with Gasteiger partial charge in [0.05, 0.1) is 28.4 Å². The Bertz CT molecular complexity index is 1040. The molecule has 0 radical (unpaired) electrons. The summed E-state index contributed by atoms with van der Waals surface area (Å²) in [5.41, 5.74) is 3.18. The molecule has 2 aromatic rings. The molecule has 0 amide bonds. The molecule has 1 unspecified atom stereocenters. The first-order chi connectivity index (χ1) is 16.5. The van der Waals surface area contributed by atoms with Gasteiger partial charge in [-0.25, -0.2) is 0 Å².